The molecule has 162 valence electrons. The predicted octanol–water partition coefficient (Wildman–Crippen LogP) is 4.40. The summed E-state index contributed by atoms with van der Waals surface area (Å²) in [7, 11) is 0. The maximum absolute atomic E-state index is 13.2. The molecule has 0 aliphatic rings. The van der Waals surface area contributed by atoms with E-state index in [2.05, 4.69) is 5.32 Å². The maximum atomic E-state index is 13.2. The zero-order valence-corrected chi connectivity index (χ0v) is 19.0. The first-order valence-corrected chi connectivity index (χ1v) is 10.5. The van der Waals surface area contributed by atoms with Gasteiger partial charge in [-0.05, 0) is 69.9 Å². The van der Waals surface area contributed by atoms with E-state index in [1.165, 1.54) is 0 Å². The molecule has 0 radical (unpaired) electrons. The van der Waals surface area contributed by atoms with Crippen LogP contribution in [-0.2, 0) is 16.1 Å². The Kier molecular flexibility index (Phi) is 8.04. The Balaban J connectivity index is 2.25. The van der Waals surface area contributed by atoms with Gasteiger partial charge in [-0.15, -0.1) is 0 Å². The number of benzene rings is 2. The summed E-state index contributed by atoms with van der Waals surface area (Å²) in [5.74, 6) is 0.282. The van der Waals surface area contributed by atoms with E-state index in [0.29, 0.717) is 18.7 Å². The number of hydrogen-bond donors (Lipinski definition) is 1. The third kappa shape index (κ3) is 6.90. The molecule has 0 saturated heterocycles. The van der Waals surface area contributed by atoms with Crippen LogP contribution in [0.25, 0.3) is 0 Å². The molecular weight excluding hydrogens is 376 g/mol. The van der Waals surface area contributed by atoms with E-state index in [4.69, 9.17) is 4.74 Å². The molecule has 0 spiro atoms. The fraction of sp³-hybridized carbons (Fsp3) is 0.440. The Morgan fingerprint density at radius 1 is 1.07 bits per heavy atom. The summed E-state index contributed by atoms with van der Waals surface area (Å²) in [6.45, 7) is 12.0. The average molecular weight is 411 g/mol. The van der Waals surface area contributed by atoms with Gasteiger partial charge in [0.25, 0.3) is 5.91 Å². The molecular formula is C25H34N2O3. The molecule has 0 bridgehead atoms. The molecule has 2 amide bonds. The van der Waals surface area contributed by atoms with Crippen LogP contribution in [0.4, 0.5) is 0 Å². The summed E-state index contributed by atoms with van der Waals surface area (Å²) >= 11 is 0. The van der Waals surface area contributed by atoms with E-state index in [9.17, 15) is 9.59 Å². The summed E-state index contributed by atoms with van der Waals surface area (Å²) in [4.78, 5) is 27.8. The Morgan fingerprint density at radius 2 is 1.77 bits per heavy atom. The van der Waals surface area contributed by atoms with Gasteiger partial charge in [-0.3, -0.25) is 9.59 Å². The number of nitrogens with zero attached hydrogens (tertiary/aromatic N) is 1. The van der Waals surface area contributed by atoms with E-state index in [1.54, 1.807) is 4.90 Å². The second kappa shape index (κ2) is 10.3. The van der Waals surface area contributed by atoms with Crippen LogP contribution in [0.15, 0.2) is 48.5 Å². The lowest BCUT2D eigenvalue weighted by atomic mass is 10.0. The molecule has 5 heteroatoms. The van der Waals surface area contributed by atoms with Crippen molar-refractivity contribution in [3.05, 3.63) is 65.2 Å². The van der Waals surface area contributed by atoms with Crippen LogP contribution in [0.2, 0.25) is 0 Å². The lowest BCUT2D eigenvalue weighted by Crippen LogP contribution is -2.54. The molecule has 0 unspecified atom stereocenters. The van der Waals surface area contributed by atoms with Gasteiger partial charge in [0.1, 0.15) is 11.8 Å². The molecule has 0 aliphatic carbocycles. The molecule has 0 saturated carbocycles. The van der Waals surface area contributed by atoms with E-state index in [1.807, 2.05) is 90.1 Å². The molecule has 0 aliphatic heterocycles. The maximum Gasteiger partial charge on any atom is 0.261 e. The number of carbonyl (C=O) groups is 2. The lowest BCUT2D eigenvalue weighted by molar-refractivity contribution is -0.143. The van der Waals surface area contributed by atoms with Crippen molar-refractivity contribution in [1.82, 2.24) is 10.2 Å². The van der Waals surface area contributed by atoms with E-state index in [-0.39, 0.29) is 24.0 Å². The van der Waals surface area contributed by atoms with Gasteiger partial charge in [-0.1, -0.05) is 43.3 Å². The van der Waals surface area contributed by atoms with E-state index in [0.717, 1.165) is 16.7 Å². The molecule has 2 aromatic carbocycles. The second-order valence-corrected chi connectivity index (χ2v) is 8.72. The van der Waals surface area contributed by atoms with Gasteiger partial charge in [-0.2, -0.15) is 0 Å². The summed E-state index contributed by atoms with van der Waals surface area (Å²) < 4.78 is 5.75. The molecule has 1 atom stereocenters. The Morgan fingerprint density at radius 3 is 2.37 bits per heavy atom. The van der Waals surface area contributed by atoms with Crippen LogP contribution < -0.4 is 10.1 Å². The number of hydrogen-bond acceptors (Lipinski definition) is 3. The number of amides is 2. The Hall–Kier alpha value is -2.82. The first-order chi connectivity index (χ1) is 14.1. The highest BCUT2D eigenvalue weighted by molar-refractivity contribution is 5.88. The standard InChI is InChI=1S/C25H34N2O3/c1-7-22(24(29)26-25(4,5)6)27(16-20-13-9-8-12-19(20)3)23(28)17-30-21-14-10-11-18(2)15-21/h8-15,22H,7,16-17H2,1-6H3,(H,26,29)/t22-/m1/s1. The highest BCUT2D eigenvalue weighted by Gasteiger charge is 2.31. The number of nitrogens with one attached hydrogen (secondary N) is 1. The van der Waals surface area contributed by atoms with Crippen molar-refractivity contribution in [2.75, 3.05) is 6.61 Å². The smallest absolute Gasteiger partial charge is 0.261 e. The van der Waals surface area contributed by atoms with Crippen molar-refractivity contribution < 1.29 is 14.3 Å². The summed E-state index contributed by atoms with van der Waals surface area (Å²) in [5, 5.41) is 3.01. The minimum Gasteiger partial charge on any atom is -0.484 e. The fourth-order valence-corrected chi connectivity index (χ4v) is 3.28. The Bertz CT molecular complexity index is 871. The summed E-state index contributed by atoms with van der Waals surface area (Å²) in [6, 6.07) is 14.9. The molecule has 30 heavy (non-hydrogen) atoms. The molecule has 0 fully saturated rings. The number of rotatable bonds is 8. The topological polar surface area (TPSA) is 58.6 Å². The van der Waals surface area contributed by atoms with Crippen LogP contribution in [-0.4, -0.2) is 34.9 Å². The summed E-state index contributed by atoms with van der Waals surface area (Å²) in [5.41, 5.74) is 2.79. The normalized spacial score (nSPS) is 12.2. The van der Waals surface area contributed by atoms with Gasteiger partial charge in [0, 0.05) is 12.1 Å². The van der Waals surface area contributed by atoms with Crippen LogP contribution in [0.1, 0.15) is 50.8 Å². The van der Waals surface area contributed by atoms with Gasteiger partial charge >= 0.3 is 0 Å². The van der Waals surface area contributed by atoms with E-state index >= 15 is 0 Å². The van der Waals surface area contributed by atoms with Gasteiger partial charge in [0.05, 0.1) is 0 Å². The van der Waals surface area contributed by atoms with Crippen molar-refractivity contribution in [1.29, 1.82) is 0 Å². The molecule has 2 aromatic rings. The first-order valence-electron chi connectivity index (χ1n) is 10.5. The average Bonchev–Trinajstić information content (AvgIpc) is 2.66. The van der Waals surface area contributed by atoms with E-state index < -0.39 is 6.04 Å². The third-order valence-corrected chi connectivity index (χ3v) is 4.84. The third-order valence-electron chi connectivity index (χ3n) is 4.84. The number of carbonyl (C=O) groups excluding carboxylic acids is 2. The largest absolute Gasteiger partial charge is 0.484 e. The van der Waals surface area contributed by atoms with Crippen LogP contribution in [0.5, 0.6) is 5.75 Å². The van der Waals surface area contributed by atoms with Gasteiger partial charge in [-0.25, -0.2) is 0 Å². The minimum absolute atomic E-state index is 0.116. The Labute approximate surface area is 180 Å². The summed E-state index contributed by atoms with van der Waals surface area (Å²) in [6.07, 6.45) is 0.518. The zero-order valence-electron chi connectivity index (χ0n) is 19.0. The number of ether oxygens (including phenoxy) is 1. The zero-order chi connectivity index (χ0) is 22.3. The highest BCUT2D eigenvalue weighted by atomic mass is 16.5. The van der Waals surface area contributed by atoms with Crippen LogP contribution >= 0.6 is 0 Å². The molecule has 0 aromatic heterocycles. The lowest BCUT2D eigenvalue weighted by Gasteiger charge is -2.33. The highest BCUT2D eigenvalue weighted by Crippen LogP contribution is 2.18. The molecule has 0 heterocycles. The molecule has 5 nitrogen and oxygen atoms in total. The van der Waals surface area contributed by atoms with Gasteiger partial charge < -0.3 is 15.0 Å². The monoisotopic (exact) mass is 410 g/mol. The first kappa shape index (κ1) is 23.5. The van der Waals surface area contributed by atoms with Crippen molar-refractivity contribution in [3.8, 4) is 5.75 Å². The van der Waals surface area contributed by atoms with Gasteiger partial charge in [0.2, 0.25) is 5.91 Å². The number of aryl methyl sites for hydroxylation is 2. The fourth-order valence-electron chi connectivity index (χ4n) is 3.28. The minimum atomic E-state index is -0.572. The quantitative estimate of drug-likeness (QED) is 0.701. The second-order valence-electron chi connectivity index (χ2n) is 8.72. The molecule has 2 rings (SSSR count). The van der Waals surface area contributed by atoms with Crippen molar-refractivity contribution >= 4 is 11.8 Å². The predicted molar refractivity (Wildman–Crippen MR) is 120 cm³/mol. The van der Waals surface area contributed by atoms with Crippen molar-refractivity contribution in [3.63, 3.8) is 0 Å². The molecule has 1 N–H and O–H groups in total. The SMILES string of the molecule is CC[C@H](C(=O)NC(C)(C)C)N(Cc1ccccc1C)C(=O)COc1cccc(C)c1. The van der Waals surface area contributed by atoms with Crippen molar-refractivity contribution in [2.24, 2.45) is 0 Å². The van der Waals surface area contributed by atoms with Gasteiger partial charge in [0.15, 0.2) is 6.61 Å². The van der Waals surface area contributed by atoms with Crippen LogP contribution in [0.3, 0.4) is 0 Å². The van der Waals surface area contributed by atoms with Crippen molar-refractivity contribution in [2.45, 2.75) is 66.1 Å². The van der Waals surface area contributed by atoms with Crippen LogP contribution in [0, 0.1) is 13.8 Å².